The highest BCUT2D eigenvalue weighted by Crippen LogP contribution is 2.43. The van der Waals surface area contributed by atoms with Crippen LogP contribution < -0.4 is 0 Å². The highest BCUT2D eigenvalue weighted by Gasteiger charge is 2.28. The van der Waals surface area contributed by atoms with Crippen LogP contribution in [0.25, 0.3) is 0 Å². The van der Waals surface area contributed by atoms with Crippen molar-refractivity contribution in [3.05, 3.63) is 48.6 Å². The van der Waals surface area contributed by atoms with Crippen LogP contribution in [0.3, 0.4) is 0 Å². The van der Waals surface area contributed by atoms with E-state index in [1.807, 2.05) is 18.2 Å². The minimum absolute atomic E-state index is 0.104. The van der Waals surface area contributed by atoms with E-state index in [9.17, 15) is 33.8 Å². The fourth-order valence-electron chi connectivity index (χ4n) is 5.30. The third-order valence-electron chi connectivity index (χ3n) is 8.44. The van der Waals surface area contributed by atoms with Gasteiger partial charge in [-0.15, -0.1) is 0 Å². The number of allylic oxidation sites excluding steroid dienone is 7. The lowest BCUT2D eigenvalue weighted by Crippen LogP contribution is -2.30. The standard InChI is InChI=1S/C41H74O14P2/c1-4-27-37(42)29-24-20-16-12-8-6-5-7-9-13-17-21-25-30-40(44)51-34-39(35-54-57(49,50)53-33-38(43)32-52-56(46,47)48)55-41(45)31-26-22-18-14-10-11-15-19-23-28-36(2)3/h5,7-8,12-13,17,20,24,36-39,42-43H,4,6,9-11,14-16,18-19,21-23,25-35H2,1-3H3,(H,49,50)(H2,46,47,48)/b7-5-,12-8-,17-13-,24-20-/t37?,38-,39+/m0/s1. The lowest BCUT2D eigenvalue weighted by molar-refractivity contribution is -0.161. The van der Waals surface area contributed by atoms with Gasteiger partial charge in [0, 0.05) is 12.8 Å². The minimum Gasteiger partial charge on any atom is -0.462 e. The summed E-state index contributed by atoms with van der Waals surface area (Å²) < 4.78 is 47.6. The fourth-order valence-corrected chi connectivity index (χ4v) is 6.46. The molecule has 2 unspecified atom stereocenters. The summed E-state index contributed by atoms with van der Waals surface area (Å²) in [6, 6.07) is 0. The van der Waals surface area contributed by atoms with Gasteiger partial charge < -0.3 is 34.4 Å². The third kappa shape index (κ3) is 40.6. The molecule has 0 aromatic carbocycles. The molecule has 5 N–H and O–H groups in total. The highest BCUT2D eigenvalue weighted by molar-refractivity contribution is 7.47. The SMILES string of the molecule is CCCC(O)C/C=C\C/C=C\C/C=C\C/C=C\CCCC(=O)OC[C@H](COP(=O)(O)OC[C@@H](O)COP(=O)(O)O)OC(=O)CCCCCCCCCCCC(C)C. The van der Waals surface area contributed by atoms with Crippen LogP contribution in [0.4, 0.5) is 0 Å². The number of hydrogen-bond donors (Lipinski definition) is 5. The Kier molecular flexibility index (Phi) is 34.7. The molecule has 0 spiro atoms. The number of ether oxygens (including phenoxy) is 2. The van der Waals surface area contributed by atoms with Crippen molar-refractivity contribution in [1.29, 1.82) is 0 Å². The zero-order valence-electron chi connectivity index (χ0n) is 34.7. The van der Waals surface area contributed by atoms with Crippen LogP contribution in [0.2, 0.25) is 0 Å². The lowest BCUT2D eigenvalue weighted by atomic mass is 10.0. The van der Waals surface area contributed by atoms with Gasteiger partial charge in [0.1, 0.15) is 12.7 Å². The van der Waals surface area contributed by atoms with Crippen molar-refractivity contribution in [1.82, 2.24) is 0 Å². The third-order valence-corrected chi connectivity index (χ3v) is 9.88. The second-order valence-corrected chi connectivity index (χ2v) is 17.3. The average molecular weight is 853 g/mol. The molecular formula is C41H74O14P2. The second-order valence-electron chi connectivity index (χ2n) is 14.6. The van der Waals surface area contributed by atoms with Crippen LogP contribution >= 0.6 is 15.6 Å². The van der Waals surface area contributed by atoms with Crippen molar-refractivity contribution in [3.63, 3.8) is 0 Å². The largest absolute Gasteiger partial charge is 0.472 e. The van der Waals surface area contributed by atoms with Gasteiger partial charge in [-0.2, -0.15) is 0 Å². The molecule has 4 atom stereocenters. The molecule has 57 heavy (non-hydrogen) atoms. The topological polar surface area (TPSA) is 216 Å². The molecule has 0 aliphatic rings. The number of hydrogen-bond acceptors (Lipinski definition) is 11. The molecule has 0 saturated carbocycles. The van der Waals surface area contributed by atoms with Gasteiger partial charge in [0.15, 0.2) is 6.10 Å². The Labute approximate surface area is 342 Å². The number of aliphatic hydroxyl groups is 2. The Morgan fingerprint density at radius 2 is 1.09 bits per heavy atom. The number of phosphoric ester groups is 2. The van der Waals surface area contributed by atoms with Crippen LogP contribution in [0, 0.1) is 5.92 Å². The second kappa shape index (κ2) is 35.9. The van der Waals surface area contributed by atoms with Crippen molar-refractivity contribution in [2.24, 2.45) is 5.92 Å². The Balaban J connectivity index is 4.64. The Bertz CT molecular complexity index is 1230. The summed E-state index contributed by atoms with van der Waals surface area (Å²) in [4.78, 5) is 52.5. The van der Waals surface area contributed by atoms with E-state index in [-0.39, 0.29) is 18.9 Å². The maximum Gasteiger partial charge on any atom is 0.472 e. The number of esters is 2. The van der Waals surface area contributed by atoms with Gasteiger partial charge in [0.25, 0.3) is 0 Å². The van der Waals surface area contributed by atoms with E-state index in [0.29, 0.717) is 25.7 Å². The molecule has 0 rings (SSSR count). The molecule has 0 aromatic rings. The summed E-state index contributed by atoms with van der Waals surface area (Å²) in [7, 11) is -9.69. The monoisotopic (exact) mass is 852 g/mol. The Hall–Kier alpha value is -1.96. The first kappa shape index (κ1) is 55.0. The highest BCUT2D eigenvalue weighted by atomic mass is 31.2. The van der Waals surface area contributed by atoms with Gasteiger partial charge in [0.2, 0.25) is 0 Å². The van der Waals surface area contributed by atoms with E-state index in [1.54, 1.807) is 0 Å². The van der Waals surface area contributed by atoms with E-state index in [2.05, 4.69) is 60.2 Å². The van der Waals surface area contributed by atoms with E-state index in [0.717, 1.165) is 63.7 Å². The Morgan fingerprint density at radius 3 is 1.67 bits per heavy atom. The van der Waals surface area contributed by atoms with Crippen molar-refractivity contribution in [2.75, 3.05) is 26.4 Å². The van der Waals surface area contributed by atoms with Gasteiger partial charge in [-0.3, -0.25) is 23.2 Å². The van der Waals surface area contributed by atoms with E-state index >= 15 is 0 Å². The molecule has 0 aliphatic carbocycles. The molecule has 0 radical (unpaired) electrons. The molecule has 0 aliphatic heterocycles. The fraction of sp³-hybridized carbons (Fsp3) is 0.756. The van der Waals surface area contributed by atoms with Crippen molar-refractivity contribution >= 4 is 27.6 Å². The number of carbonyl (C=O) groups excluding carboxylic acids is 2. The van der Waals surface area contributed by atoms with Crippen LogP contribution in [0.5, 0.6) is 0 Å². The van der Waals surface area contributed by atoms with Crippen LogP contribution in [0.15, 0.2) is 48.6 Å². The van der Waals surface area contributed by atoms with Gasteiger partial charge in [-0.25, -0.2) is 9.13 Å². The van der Waals surface area contributed by atoms with Crippen molar-refractivity contribution in [3.8, 4) is 0 Å². The lowest BCUT2D eigenvalue weighted by Gasteiger charge is -2.20. The summed E-state index contributed by atoms with van der Waals surface area (Å²) in [5.41, 5.74) is 0. The Morgan fingerprint density at radius 1 is 0.579 bits per heavy atom. The smallest absolute Gasteiger partial charge is 0.462 e. The molecule has 0 heterocycles. The number of aliphatic hydroxyl groups excluding tert-OH is 2. The number of phosphoric acid groups is 2. The summed E-state index contributed by atoms with van der Waals surface area (Å²) in [5, 5.41) is 19.4. The van der Waals surface area contributed by atoms with Crippen LogP contribution in [-0.2, 0) is 41.8 Å². The van der Waals surface area contributed by atoms with Gasteiger partial charge >= 0.3 is 27.6 Å². The number of unbranched alkanes of at least 4 members (excludes halogenated alkanes) is 9. The van der Waals surface area contributed by atoms with E-state index in [4.69, 9.17) is 23.8 Å². The molecule has 0 fully saturated rings. The predicted molar refractivity (Wildman–Crippen MR) is 222 cm³/mol. The van der Waals surface area contributed by atoms with Crippen LogP contribution in [-0.4, -0.2) is 81.6 Å². The zero-order chi connectivity index (χ0) is 42.6. The van der Waals surface area contributed by atoms with Gasteiger partial charge in [-0.1, -0.05) is 134 Å². The van der Waals surface area contributed by atoms with E-state index in [1.165, 1.54) is 32.1 Å². The molecule has 0 aromatic heterocycles. The van der Waals surface area contributed by atoms with Crippen molar-refractivity contribution < 1.29 is 66.7 Å². The maximum absolute atomic E-state index is 12.6. The molecule has 0 saturated heterocycles. The summed E-state index contributed by atoms with van der Waals surface area (Å²) in [6.07, 6.45) is 30.5. The first-order valence-corrected chi connectivity index (χ1v) is 23.8. The summed E-state index contributed by atoms with van der Waals surface area (Å²) in [6.45, 7) is 3.74. The predicted octanol–water partition coefficient (Wildman–Crippen LogP) is 9.11. The average Bonchev–Trinajstić information content (AvgIpc) is 3.14. The molecule has 0 bridgehead atoms. The molecule has 14 nitrogen and oxygen atoms in total. The summed E-state index contributed by atoms with van der Waals surface area (Å²) >= 11 is 0. The molecule has 16 heteroatoms. The molecule has 332 valence electrons. The van der Waals surface area contributed by atoms with Crippen molar-refractivity contribution in [2.45, 2.75) is 167 Å². The first-order valence-electron chi connectivity index (χ1n) is 20.8. The molecular weight excluding hydrogens is 778 g/mol. The number of rotatable bonds is 38. The normalized spacial score (nSPS) is 15.2. The first-order chi connectivity index (χ1) is 27.1. The van der Waals surface area contributed by atoms with Gasteiger partial charge in [-0.05, 0) is 57.3 Å². The minimum atomic E-state index is -4.87. The number of carbonyl (C=O) groups is 2. The maximum atomic E-state index is 12.6. The quantitative estimate of drug-likeness (QED) is 0.0170. The van der Waals surface area contributed by atoms with E-state index < -0.39 is 66.2 Å². The zero-order valence-corrected chi connectivity index (χ0v) is 36.5. The molecule has 0 amide bonds. The summed E-state index contributed by atoms with van der Waals surface area (Å²) in [5.74, 6) is -0.374. The van der Waals surface area contributed by atoms with Gasteiger partial charge in [0.05, 0.1) is 25.9 Å². The van der Waals surface area contributed by atoms with Crippen LogP contribution in [0.1, 0.15) is 149 Å².